The zero-order valence-electron chi connectivity index (χ0n) is 9.73. The van der Waals surface area contributed by atoms with Crippen molar-refractivity contribution in [3.63, 3.8) is 0 Å². The molecule has 0 atom stereocenters. The lowest BCUT2D eigenvalue weighted by Crippen LogP contribution is -2.11. The van der Waals surface area contributed by atoms with Crippen molar-refractivity contribution in [3.8, 4) is 0 Å². The number of aryl methyl sites for hydroxylation is 1. The van der Waals surface area contributed by atoms with Crippen molar-refractivity contribution in [1.29, 1.82) is 0 Å². The minimum Gasteiger partial charge on any atom is -0.407 e. The highest BCUT2D eigenvalue weighted by Gasteiger charge is 2.07. The molecule has 2 aromatic heterocycles. The van der Waals surface area contributed by atoms with Crippen LogP contribution in [0.25, 0.3) is 0 Å². The van der Waals surface area contributed by atoms with Crippen LogP contribution in [0.1, 0.15) is 24.5 Å². The quantitative estimate of drug-likeness (QED) is 0.749. The maximum atomic E-state index is 5.33. The van der Waals surface area contributed by atoms with Gasteiger partial charge in [0.25, 0.3) is 0 Å². The molecule has 0 bridgehead atoms. The van der Waals surface area contributed by atoms with Crippen LogP contribution in [0.2, 0.25) is 0 Å². The van der Waals surface area contributed by atoms with Crippen LogP contribution in [-0.2, 0) is 13.1 Å². The van der Waals surface area contributed by atoms with E-state index in [1.54, 1.807) is 6.92 Å². The van der Waals surface area contributed by atoms with Crippen molar-refractivity contribution in [3.05, 3.63) is 17.6 Å². The first-order chi connectivity index (χ1) is 8.28. The third-order valence-corrected chi connectivity index (χ3v) is 1.95. The van der Waals surface area contributed by atoms with Crippen LogP contribution < -0.4 is 10.6 Å². The molecule has 0 aromatic carbocycles. The first-order valence-electron chi connectivity index (χ1n) is 5.34. The molecule has 2 aromatic rings. The molecule has 0 aliphatic heterocycles. The molecule has 0 aliphatic rings. The molecule has 0 saturated carbocycles. The fourth-order valence-corrected chi connectivity index (χ4v) is 1.19. The normalized spacial score (nSPS) is 10.7. The second-order valence-corrected chi connectivity index (χ2v) is 3.37. The summed E-state index contributed by atoms with van der Waals surface area (Å²) in [6.07, 6.45) is 0. The van der Waals surface area contributed by atoms with E-state index >= 15 is 0 Å². The van der Waals surface area contributed by atoms with Gasteiger partial charge in [-0.1, -0.05) is 17.2 Å². The molecular formula is C9H14N6O2. The molecule has 17 heavy (non-hydrogen) atoms. The second kappa shape index (κ2) is 5.39. The SMILES string of the molecule is CCNCc1nnc(NCc2nc(C)no2)o1. The summed E-state index contributed by atoms with van der Waals surface area (Å²) in [5.74, 6) is 1.62. The van der Waals surface area contributed by atoms with Gasteiger partial charge in [-0.05, 0) is 13.5 Å². The number of aromatic nitrogens is 4. The number of rotatable bonds is 6. The number of nitrogens with zero attached hydrogens (tertiary/aromatic N) is 4. The molecule has 0 unspecified atom stereocenters. The van der Waals surface area contributed by atoms with E-state index < -0.39 is 0 Å². The van der Waals surface area contributed by atoms with Gasteiger partial charge in [0.2, 0.25) is 11.8 Å². The first-order valence-corrected chi connectivity index (χ1v) is 5.34. The van der Waals surface area contributed by atoms with Gasteiger partial charge in [-0.25, -0.2) is 0 Å². The largest absolute Gasteiger partial charge is 0.407 e. The van der Waals surface area contributed by atoms with Gasteiger partial charge in [-0.15, -0.1) is 5.10 Å². The van der Waals surface area contributed by atoms with Crippen LogP contribution in [0.4, 0.5) is 6.01 Å². The van der Waals surface area contributed by atoms with Gasteiger partial charge in [0.1, 0.15) is 0 Å². The highest BCUT2D eigenvalue weighted by molar-refractivity contribution is 5.17. The Kier molecular flexibility index (Phi) is 3.66. The summed E-state index contributed by atoms with van der Waals surface area (Å²) in [6.45, 7) is 5.54. The fourth-order valence-electron chi connectivity index (χ4n) is 1.19. The Labute approximate surface area is 97.8 Å². The summed E-state index contributed by atoms with van der Waals surface area (Å²) >= 11 is 0. The van der Waals surface area contributed by atoms with E-state index in [9.17, 15) is 0 Å². The van der Waals surface area contributed by atoms with Crippen LogP contribution in [0, 0.1) is 6.92 Å². The molecule has 8 nitrogen and oxygen atoms in total. The summed E-state index contributed by atoms with van der Waals surface area (Å²) < 4.78 is 10.3. The van der Waals surface area contributed by atoms with E-state index in [4.69, 9.17) is 8.94 Å². The van der Waals surface area contributed by atoms with Gasteiger partial charge < -0.3 is 19.6 Å². The first kappa shape index (κ1) is 11.5. The van der Waals surface area contributed by atoms with Gasteiger partial charge in [-0.3, -0.25) is 0 Å². The van der Waals surface area contributed by atoms with Crippen LogP contribution in [0.5, 0.6) is 0 Å². The highest BCUT2D eigenvalue weighted by atomic mass is 16.5. The molecule has 2 rings (SSSR count). The Morgan fingerprint density at radius 3 is 2.76 bits per heavy atom. The molecule has 0 amide bonds. The molecule has 2 heterocycles. The number of hydrogen-bond donors (Lipinski definition) is 2. The van der Waals surface area contributed by atoms with Crippen molar-refractivity contribution in [2.75, 3.05) is 11.9 Å². The summed E-state index contributed by atoms with van der Waals surface area (Å²) in [4.78, 5) is 4.04. The average molecular weight is 238 g/mol. The lowest BCUT2D eigenvalue weighted by molar-refractivity contribution is 0.378. The predicted octanol–water partition coefficient (Wildman–Crippen LogP) is 0.483. The minimum absolute atomic E-state index is 0.341. The number of anilines is 1. The third-order valence-electron chi connectivity index (χ3n) is 1.95. The molecule has 2 N–H and O–H groups in total. The van der Waals surface area contributed by atoms with Gasteiger partial charge in [-0.2, -0.15) is 4.98 Å². The third kappa shape index (κ3) is 3.25. The van der Waals surface area contributed by atoms with Crippen molar-refractivity contribution in [1.82, 2.24) is 25.7 Å². The van der Waals surface area contributed by atoms with E-state index in [1.807, 2.05) is 6.92 Å². The van der Waals surface area contributed by atoms with Gasteiger partial charge in [0.15, 0.2) is 5.82 Å². The molecular weight excluding hydrogens is 224 g/mol. The Hall–Kier alpha value is -1.96. The molecule has 0 spiro atoms. The highest BCUT2D eigenvalue weighted by Crippen LogP contribution is 2.06. The number of hydrogen-bond acceptors (Lipinski definition) is 8. The van der Waals surface area contributed by atoms with Gasteiger partial charge >= 0.3 is 6.01 Å². The molecule has 0 aliphatic carbocycles. The predicted molar refractivity (Wildman–Crippen MR) is 58.0 cm³/mol. The Morgan fingerprint density at radius 1 is 1.18 bits per heavy atom. The minimum atomic E-state index is 0.341. The lowest BCUT2D eigenvalue weighted by atomic mass is 10.6. The van der Waals surface area contributed by atoms with Crippen LogP contribution in [0.15, 0.2) is 8.94 Å². The zero-order chi connectivity index (χ0) is 12.1. The zero-order valence-corrected chi connectivity index (χ0v) is 9.73. The lowest BCUT2D eigenvalue weighted by Gasteiger charge is -1.95. The summed E-state index contributed by atoms with van der Waals surface area (Å²) in [5.41, 5.74) is 0. The average Bonchev–Trinajstić information content (AvgIpc) is 2.93. The molecule has 8 heteroatoms. The second-order valence-electron chi connectivity index (χ2n) is 3.37. The number of nitrogens with one attached hydrogen (secondary N) is 2. The van der Waals surface area contributed by atoms with E-state index in [0.29, 0.717) is 36.7 Å². The smallest absolute Gasteiger partial charge is 0.315 e. The van der Waals surface area contributed by atoms with Crippen molar-refractivity contribution in [2.45, 2.75) is 26.9 Å². The molecule has 92 valence electrons. The van der Waals surface area contributed by atoms with Crippen LogP contribution in [0.3, 0.4) is 0 Å². The Bertz CT molecular complexity index is 466. The Balaban J connectivity index is 1.84. The molecule has 0 fully saturated rings. The summed E-state index contributed by atoms with van der Waals surface area (Å²) in [5, 5.41) is 17.4. The molecule has 0 radical (unpaired) electrons. The summed E-state index contributed by atoms with van der Waals surface area (Å²) in [7, 11) is 0. The van der Waals surface area contributed by atoms with Crippen LogP contribution in [-0.4, -0.2) is 26.9 Å². The summed E-state index contributed by atoms with van der Waals surface area (Å²) in [6, 6.07) is 0.341. The van der Waals surface area contributed by atoms with Gasteiger partial charge in [0, 0.05) is 0 Å². The van der Waals surface area contributed by atoms with Gasteiger partial charge in [0.05, 0.1) is 13.1 Å². The van der Waals surface area contributed by atoms with Crippen LogP contribution >= 0.6 is 0 Å². The fraction of sp³-hybridized carbons (Fsp3) is 0.556. The molecule has 0 saturated heterocycles. The monoisotopic (exact) mass is 238 g/mol. The maximum absolute atomic E-state index is 5.33. The van der Waals surface area contributed by atoms with Crippen molar-refractivity contribution < 1.29 is 8.94 Å². The Morgan fingerprint density at radius 2 is 2.06 bits per heavy atom. The topological polar surface area (TPSA) is 102 Å². The van der Waals surface area contributed by atoms with Crippen molar-refractivity contribution >= 4 is 6.01 Å². The van der Waals surface area contributed by atoms with Crippen molar-refractivity contribution in [2.24, 2.45) is 0 Å². The maximum Gasteiger partial charge on any atom is 0.315 e. The van der Waals surface area contributed by atoms with E-state index in [0.717, 1.165) is 6.54 Å². The van der Waals surface area contributed by atoms with E-state index in [-0.39, 0.29) is 0 Å². The van der Waals surface area contributed by atoms with E-state index in [2.05, 4.69) is 31.0 Å². The standard InChI is InChI=1S/C9H14N6O2/c1-3-10-4-8-13-14-9(16-8)11-5-7-12-6(2)15-17-7/h10H,3-5H2,1-2H3,(H,11,14). The van der Waals surface area contributed by atoms with E-state index in [1.165, 1.54) is 0 Å².